The van der Waals surface area contributed by atoms with E-state index in [1.54, 1.807) is 0 Å². The molecule has 1 nitrogen and oxygen atoms in total. The first-order valence-electron chi connectivity index (χ1n) is 6.17. The van der Waals surface area contributed by atoms with Gasteiger partial charge in [0.05, 0.1) is 0 Å². The van der Waals surface area contributed by atoms with Crippen molar-refractivity contribution in [3.8, 4) is 5.75 Å². The summed E-state index contributed by atoms with van der Waals surface area (Å²) in [5.41, 5.74) is 2.14. The van der Waals surface area contributed by atoms with E-state index in [9.17, 15) is 5.11 Å². The summed E-state index contributed by atoms with van der Waals surface area (Å²) < 4.78 is 0. The van der Waals surface area contributed by atoms with Crippen LogP contribution in [0.4, 0.5) is 0 Å². The maximum Gasteiger partial charge on any atom is 0.122 e. The largest absolute Gasteiger partial charge is 0.507 e. The first-order valence-corrected chi connectivity index (χ1v) is 6.17. The Bertz CT molecular complexity index is 347. The molecule has 0 radical (unpaired) electrons. The highest BCUT2D eigenvalue weighted by Crippen LogP contribution is 2.34. The van der Waals surface area contributed by atoms with Crippen LogP contribution in [0.1, 0.15) is 52.2 Å². The molecule has 0 saturated carbocycles. The van der Waals surface area contributed by atoms with Gasteiger partial charge in [0.25, 0.3) is 0 Å². The molecule has 0 fully saturated rings. The Morgan fingerprint density at radius 2 is 1.88 bits per heavy atom. The van der Waals surface area contributed by atoms with E-state index >= 15 is 0 Å². The van der Waals surface area contributed by atoms with Gasteiger partial charge in [0, 0.05) is 0 Å². The van der Waals surface area contributed by atoms with Crippen molar-refractivity contribution in [1.82, 2.24) is 0 Å². The number of phenolic OH excluding ortho intramolecular Hbond substituents is 1. The van der Waals surface area contributed by atoms with Crippen molar-refractivity contribution in [2.24, 2.45) is 5.92 Å². The molecule has 1 N–H and O–H groups in total. The smallest absolute Gasteiger partial charge is 0.122 e. The topological polar surface area (TPSA) is 20.2 Å². The van der Waals surface area contributed by atoms with E-state index in [4.69, 9.17) is 0 Å². The molecular formula is C15H24O. The summed E-state index contributed by atoms with van der Waals surface area (Å²) >= 11 is 0. The normalized spacial score (nSPS) is 13.8. The Morgan fingerprint density at radius 3 is 2.38 bits per heavy atom. The Labute approximate surface area is 99.5 Å². The highest BCUT2D eigenvalue weighted by atomic mass is 16.3. The highest BCUT2D eigenvalue weighted by Gasteiger charge is 2.19. The summed E-state index contributed by atoms with van der Waals surface area (Å²) in [5, 5.41) is 10.3. The summed E-state index contributed by atoms with van der Waals surface area (Å²) in [6.07, 6.45) is 2.12. The Kier molecular flexibility index (Phi) is 4.01. The fourth-order valence-corrected chi connectivity index (χ4v) is 1.88. The molecule has 0 aliphatic heterocycles. The lowest BCUT2D eigenvalue weighted by Gasteiger charge is -2.22. The molecule has 1 aromatic carbocycles. The SMILES string of the molecule is CCC(C)Cc1cccc(C(C)(C)C)c1O. The van der Waals surface area contributed by atoms with E-state index in [0.29, 0.717) is 11.7 Å². The van der Waals surface area contributed by atoms with Crippen LogP contribution in [-0.2, 0) is 11.8 Å². The fraction of sp³-hybridized carbons (Fsp3) is 0.600. The molecule has 90 valence electrons. The molecule has 1 unspecified atom stereocenters. The molecule has 0 heterocycles. The van der Waals surface area contributed by atoms with Gasteiger partial charge in [-0.25, -0.2) is 0 Å². The number of aromatic hydroxyl groups is 1. The van der Waals surface area contributed by atoms with E-state index in [1.807, 2.05) is 12.1 Å². The maximum absolute atomic E-state index is 10.3. The number of hydrogen-bond donors (Lipinski definition) is 1. The van der Waals surface area contributed by atoms with Gasteiger partial charge in [-0.2, -0.15) is 0 Å². The summed E-state index contributed by atoms with van der Waals surface area (Å²) in [7, 11) is 0. The third-order valence-corrected chi connectivity index (χ3v) is 3.19. The van der Waals surface area contributed by atoms with Gasteiger partial charge in [0.1, 0.15) is 5.75 Å². The Morgan fingerprint density at radius 1 is 1.25 bits per heavy atom. The van der Waals surface area contributed by atoms with Crippen molar-refractivity contribution in [2.45, 2.75) is 52.9 Å². The molecule has 0 amide bonds. The molecule has 1 rings (SSSR count). The second-order valence-corrected chi connectivity index (χ2v) is 5.78. The minimum Gasteiger partial charge on any atom is -0.507 e. The van der Waals surface area contributed by atoms with Gasteiger partial charge in [-0.3, -0.25) is 0 Å². The number of hydrogen-bond acceptors (Lipinski definition) is 1. The second kappa shape index (κ2) is 4.90. The van der Waals surface area contributed by atoms with E-state index in [2.05, 4.69) is 40.7 Å². The number of benzene rings is 1. The van der Waals surface area contributed by atoms with E-state index < -0.39 is 0 Å². The predicted octanol–water partition coefficient (Wildman–Crippen LogP) is 4.28. The van der Waals surface area contributed by atoms with Crippen LogP contribution < -0.4 is 0 Å². The molecule has 1 atom stereocenters. The van der Waals surface area contributed by atoms with Crippen LogP contribution in [-0.4, -0.2) is 5.11 Å². The zero-order valence-electron chi connectivity index (χ0n) is 11.2. The fourth-order valence-electron chi connectivity index (χ4n) is 1.88. The lowest BCUT2D eigenvalue weighted by atomic mass is 9.84. The minimum atomic E-state index is 0.00947. The van der Waals surface area contributed by atoms with Gasteiger partial charge in [-0.15, -0.1) is 0 Å². The molecule has 0 aliphatic rings. The van der Waals surface area contributed by atoms with Gasteiger partial charge in [0.15, 0.2) is 0 Å². The summed E-state index contributed by atoms with van der Waals surface area (Å²) in [4.78, 5) is 0. The first-order chi connectivity index (χ1) is 7.36. The van der Waals surface area contributed by atoms with Crippen LogP contribution in [0.15, 0.2) is 18.2 Å². The molecule has 16 heavy (non-hydrogen) atoms. The number of phenols is 1. The monoisotopic (exact) mass is 220 g/mol. The van der Waals surface area contributed by atoms with Crippen LogP contribution in [0.2, 0.25) is 0 Å². The Balaban J connectivity index is 3.05. The molecule has 1 aromatic rings. The van der Waals surface area contributed by atoms with Gasteiger partial charge in [-0.1, -0.05) is 59.2 Å². The van der Waals surface area contributed by atoms with Crippen LogP contribution in [0.5, 0.6) is 5.75 Å². The number of para-hydroxylation sites is 1. The lowest BCUT2D eigenvalue weighted by Crippen LogP contribution is -2.12. The van der Waals surface area contributed by atoms with E-state index in [1.165, 1.54) is 0 Å². The second-order valence-electron chi connectivity index (χ2n) is 5.78. The van der Waals surface area contributed by atoms with Crippen LogP contribution in [0, 0.1) is 5.92 Å². The van der Waals surface area contributed by atoms with Gasteiger partial charge in [-0.05, 0) is 28.9 Å². The minimum absolute atomic E-state index is 0.00947. The first kappa shape index (κ1) is 13.1. The van der Waals surface area contributed by atoms with Gasteiger partial charge >= 0.3 is 0 Å². The third kappa shape index (κ3) is 3.01. The standard InChI is InChI=1S/C15H24O/c1-6-11(2)10-12-8-7-9-13(14(12)16)15(3,4)5/h7-9,11,16H,6,10H2,1-5H3. The summed E-state index contributed by atoms with van der Waals surface area (Å²) in [6.45, 7) is 10.8. The van der Waals surface area contributed by atoms with Gasteiger partial charge < -0.3 is 5.11 Å². The average Bonchev–Trinajstić information content (AvgIpc) is 2.19. The molecular weight excluding hydrogens is 196 g/mol. The van der Waals surface area contributed by atoms with Gasteiger partial charge in [0.2, 0.25) is 0 Å². The third-order valence-electron chi connectivity index (χ3n) is 3.19. The zero-order valence-corrected chi connectivity index (χ0v) is 11.2. The summed E-state index contributed by atoms with van der Waals surface area (Å²) in [6, 6.07) is 6.12. The molecule has 0 bridgehead atoms. The predicted molar refractivity (Wildman–Crippen MR) is 70.0 cm³/mol. The highest BCUT2D eigenvalue weighted by molar-refractivity contribution is 5.44. The van der Waals surface area contributed by atoms with Crippen molar-refractivity contribution in [1.29, 1.82) is 0 Å². The number of rotatable bonds is 3. The van der Waals surface area contributed by atoms with Crippen molar-refractivity contribution < 1.29 is 5.11 Å². The molecule has 0 saturated heterocycles. The quantitative estimate of drug-likeness (QED) is 0.806. The van der Waals surface area contributed by atoms with E-state index in [0.717, 1.165) is 24.0 Å². The molecule has 1 heteroatoms. The van der Waals surface area contributed by atoms with Crippen LogP contribution >= 0.6 is 0 Å². The van der Waals surface area contributed by atoms with Crippen molar-refractivity contribution >= 4 is 0 Å². The molecule has 0 aliphatic carbocycles. The summed E-state index contributed by atoms with van der Waals surface area (Å²) in [5.74, 6) is 1.12. The van der Waals surface area contributed by atoms with E-state index in [-0.39, 0.29) is 5.41 Å². The lowest BCUT2D eigenvalue weighted by molar-refractivity contribution is 0.432. The maximum atomic E-state index is 10.3. The zero-order chi connectivity index (χ0) is 12.3. The average molecular weight is 220 g/mol. The van der Waals surface area contributed by atoms with Crippen molar-refractivity contribution in [3.63, 3.8) is 0 Å². The van der Waals surface area contributed by atoms with Crippen LogP contribution in [0.3, 0.4) is 0 Å². The molecule has 0 aromatic heterocycles. The van der Waals surface area contributed by atoms with Crippen LogP contribution in [0.25, 0.3) is 0 Å². The molecule has 0 spiro atoms. The van der Waals surface area contributed by atoms with Crippen molar-refractivity contribution in [2.75, 3.05) is 0 Å². The Hall–Kier alpha value is -0.980. The van der Waals surface area contributed by atoms with Crippen molar-refractivity contribution in [3.05, 3.63) is 29.3 Å².